The van der Waals surface area contributed by atoms with Crippen LogP contribution in [0.1, 0.15) is 29.8 Å². The number of carbonyl (C=O) groups is 1. The van der Waals surface area contributed by atoms with Crippen LogP contribution < -0.4 is 0 Å². The molecule has 7 heteroatoms. The lowest BCUT2D eigenvalue weighted by molar-refractivity contribution is 0.0579. The molecule has 6 nitrogen and oxygen atoms in total. The number of hydrogen-bond donors (Lipinski definition) is 0. The minimum Gasteiger partial charge on any atom is -0.462 e. The van der Waals surface area contributed by atoms with Crippen LogP contribution in [0.5, 0.6) is 0 Å². The number of carbonyl (C=O) groups excluding carboxylic acids is 1. The number of likely N-dealkylation sites (tertiary alicyclic amines) is 1. The van der Waals surface area contributed by atoms with Crippen molar-refractivity contribution in [1.82, 2.24) is 19.7 Å². The molecule has 0 unspecified atom stereocenters. The molecule has 4 rings (SSSR count). The lowest BCUT2D eigenvalue weighted by Crippen LogP contribution is -2.46. The summed E-state index contributed by atoms with van der Waals surface area (Å²) in [5.41, 5.74) is 0.499. The molecule has 1 aliphatic heterocycles. The molecular formula is C17H18N4O2S. The molecule has 0 radical (unpaired) electrons. The summed E-state index contributed by atoms with van der Waals surface area (Å²) in [7, 11) is 0. The SMILES string of the molecule is O=C(c1csc(-c2ccco2)n1)N1CCCC[C@@H]1Cn1cccn1. The van der Waals surface area contributed by atoms with Crippen molar-refractivity contribution in [2.75, 3.05) is 6.54 Å². The Bertz CT molecular complexity index is 795. The fraction of sp³-hybridized carbons (Fsp3) is 0.353. The second kappa shape index (κ2) is 6.60. The molecule has 4 heterocycles. The summed E-state index contributed by atoms with van der Waals surface area (Å²) < 4.78 is 7.26. The van der Waals surface area contributed by atoms with Crippen molar-refractivity contribution in [2.45, 2.75) is 31.8 Å². The van der Waals surface area contributed by atoms with Crippen LogP contribution in [0.4, 0.5) is 0 Å². The van der Waals surface area contributed by atoms with Gasteiger partial charge in [0.25, 0.3) is 5.91 Å². The van der Waals surface area contributed by atoms with Gasteiger partial charge in [-0.1, -0.05) is 0 Å². The first kappa shape index (κ1) is 15.1. The average Bonchev–Trinajstić information content (AvgIpc) is 3.35. The van der Waals surface area contributed by atoms with Gasteiger partial charge in [-0.2, -0.15) is 5.10 Å². The van der Waals surface area contributed by atoms with E-state index in [1.807, 2.05) is 39.4 Å². The maximum atomic E-state index is 12.9. The smallest absolute Gasteiger partial charge is 0.273 e. The molecule has 124 valence electrons. The first-order chi connectivity index (χ1) is 11.8. The zero-order valence-electron chi connectivity index (χ0n) is 13.2. The van der Waals surface area contributed by atoms with Crippen LogP contribution in [0.3, 0.4) is 0 Å². The summed E-state index contributed by atoms with van der Waals surface area (Å²) >= 11 is 1.44. The van der Waals surface area contributed by atoms with E-state index in [1.54, 1.807) is 12.5 Å². The van der Waals surface area contributed by atoms with Crippen molar-refractivity contribution in [3.05, 3.63) is 47.9 Å². The summed E-state index contributed by atoms with van der Waals surface area (Å²) in [5, 5.41) is 6.83. The van der Waals surface area contributed by atoms with Crippen molar-refractivity contribution in [3.8, 4) is 10.8 Å². The molecule has 1 atom stereocenters. The normalized spacial score (nSPS) is 18.0. The summed E-state index contributed by atoms with van der Waals surface area (Å²) in [6.45, 7) is 1.51. The average molecular weight is 342 g/mol. The van der Waals surface area contributed by atoms with Gasteiger partial charge in [0.1, 0.15) is 5.69 Å². The summed E-state index contributed by atoms with van der Waals surface area (Å²) in [4.78, 5) is 19.4. The fourth-order valence-electron chi connectivity index (χ4n) is 3.11. The number of nitrogens with zero attached hydrogens (tertiary/aromatic N) is 4. The highest BCUT2D eigenvalue weighted by atomic mass is 32.1. The molecule has 1 amide bonds. The van der Waals surface area contributed by atoms with E-state index in [1.165, 1.54) is 11.3 Å². The van der Waals surface area contributed by atoms with Crippen molar-refractivity contribution in [1.29, 1.82) is 0 Å². The number of thiazole rings is 1. The van der Waals surface area contributed by atoms with Gasteiger partial charge in [-0.05, 0) is 37.5 Å². The lowest BCUT2D eigenvalue weighted by atomic mass is 10.0. The highest BCUT2D eigenvalue weighted by Gasteiger charge is 2.29. The molecule has 0 aromatic carbocycles. The summed E-state index contributed by atoms with van der Waals surface area (Å²) in [5.74, 6) is 0.701. The Morgan fingerprint density at radius 3 is 3.12 bits per heavy atom. The molecule has 1 fully saturated rings. The third kappa shape index (κ3) is 2.99. The van der Waals surface area contributed by atoms with Crippen molar-refractivity contribution in [2.24, 2.45) is 0 Å². The largest absolute Gasteiger partial charge is 0.462 e. The van der Waals surface area contributed by atoms with E-state index in [0.29, 0.717) is 11.5 Å². The number of aromatic nitrogens is 3. The van der Waals surface area contributed by atoms with Crippen molar-refractivity contribution < 1.29 is 9.21 Å². The predicted molar refractivity (Wildman–Crippen MR) is 90.7 cm³/mol. The molecule has 1 saturated heterocycles. The predicted octanol–water partition coefficient (Wildman–Crippen LogP) is 3.29. The Balaban J connectivity index is 1.53. The van der Waals surface area contributed by atoms with Gasteiger partial charge in [0.15, 0.2) is 10.8 Å². The number of furan rings is 1. The van der Waals surface area contributed by atoms with Crippen molar-refractivity contribution >= 4 is 17.2 Å². The minimum atomic E-state index is 0.000845. The fourth-order valence-corrected chi connectivity index (χ4v) is 3.87. The van der Waals surface area contributed by atoms with Crippen LogP contribution >= 0.6 is 11.3 Å². The van der Waals surface area contributed by atoms with Gasteiger partial charge in [-0.15, -0.1) is 11.3 Å². The van der Waals surface area contributed by atoms with Crippen LogP contribution in [0.25, 0.3) is 10.8 Å². The zero-order chi connectivity index (χ0) is 16.4. The standard InChI is InChI=1S/C17H18N4O2S/c22-17(14-12-24-16(19-14)15-6-3-10-23-15)21-9-2-1-5-13(21)11-20-8-4-7-18-20/h3-4,6-8,10,12-13H,1-2,5,9,11H2/t13-/m1/s1. The second-order valence-electron chi connectivity index (χ2n) is 5.89. The van der Waals surface area contributed by atoms with E-state index in [0.717, 1.165) is 37.4 Å². The van der Waals surface area contributed by atoms with Gasteiger partial charge >= 0.3 is 0 Å². The molecule has 24 heavy (non-hydrogen) atoms. The van der Waals surface area contributed by atoms with E-state index in [2.05, 4.69) is 10.1 Å². The molecule has 0 N–H and O–H groups in total. The highest BCUT2D eigenvalue weighted by Crippen LogP contribution is 2.26. The monoisotopic (exact) mass is 342 g/mol. The Hall–Kier alpha value is -2.41. The molecule has 0 spiro atoms. The first-order valence-corrected chi connectivity index (χ1v) is 8.97. The van der Waals surface area contributed by atoms with Crippen LogP contribution in [-0.2, 0) is 6.54 Å². The topological polar surface area (TPSA) is 64.2 Å². The molecule has 1 aliphatic rings. The van der Waals surface area contributed by atoms with E-state index in [9.17, 15) is 4.79 Å². The van der Waals surface area contributed by atoms with Gasteiger partial charge in [0.05, 0.1) is 18.8 Å². The van der Waals surface area contributed by atoms with Crippen LogP contribution in [0.15, 0.2) is 46.7 Å². The molecule has 3 aromatic heterocycles. The Morgan fingerprint density at radius 2 is 2.33 bits per heavy atom. The zero-order valence-corrected chi connectivity index (χ0v) is 14.0. The van der Waals surface area contributed by atoms with Gasteiger partial charge in [-0.3, -0.25) is 9.48 Å². The highest BCUT2D eigenvalue weighted by molar-refractivity contribution is 7.13. The van der Waals surface area contributed by atoms with E-state index < -0.39 is 0 Å². The number of hydrogen-bond acceptors (Lipinski definition) is 5. The van der Waals surface area contributed by atoms with Gasteiger partial charge < -0.3 is 9.32 Å². The number of piperidine rings is 1. The van der Waals surface area contributed by atoms with Crippen LogP contribution in [-0.4, -0.2) is 38.2 Å². The molecule has 0 aliphatic carbocycles. The second-order valence-corrected chi connectivity index (χ2v) is 6.75. The maximum absolute atomic E-state index is 12.9. The lowest BCUT2D eigenvalue weighted by Gasteiger charge is -2.35. The minimum absolute atomic E-state index is 0.000845. The quantitative estimate of drug-likeness (QED) is 0.730. The molecule has 0 bridgehead atoms. The third-order valence-electron chi connectivity index (χ3n) is 4.30. The molecular weight excluding hydrogens is 324 g/mol. The van der Waals surface area contributed by atoms with E-state index in [4.69, 9.17) is 4.42 Å². The number of rotatable bonds is 4. The Morgan fingerprint density at radius 1 is 1.38 bits per heavy atom. The van der Waals surface area contributed by atoms with Gasteiger partial charge in [0, 0.05) is 24.3 Å². The summed E-state index contributed by atoms with van der Waals surface area (Å²) in [6.07, 6.45) is 8.50. The van der Waals surface area contributed by atoms with Crippen LogP contribution in [0.2, 0.25) is 0 Å². The Kier molecular flexibility index (Phi) is 4.17. The van der Waals surface area contributed by atoms with Crippen molar-refractivity contribution in [3.63, 3.8) is 0 Å². The Labute approximate surface area is 143 Å². The van der Waals surface area contributed by atoms with Crippen LogP contribution in [0, 0.1) is 0 Å². The van der Waals surface area contributed by atoms with E-state index in [-0.39, 0.29) is 11.9 Å². The molecule has 3 aromatic rings. The maximum Gasteiger partial charge on any atom is 0.273 e. The van der Waals surface area contributed by atoms with Gasteiger partial charge in [0.2, 0.25) is 0 Å². The van der Waals surface area contributed by atoms with Gasteiger partial charge in [-0.25, -0.2) is 4.98 Å². The summed E-state index contributed by atoms with van der Waals surface area (Å²) in [6, 6.07) is 5.75. The van der Waals surface area contributed by atoms with E-state index >= 15 is 0 Å². The molecule has 0 saturated carbocycles. The third-order valence-corrected chi connectivity index (χ3v) is 5.16. The first-order valence-electron chi connectivity index (χ1n) is 8.09. The number of amides is 1.